The molecule has 2 aromatic heterocycles. The second-order valence-electron chi connectivity index (χ2n) is 14.1. The van der Waals surface area contributed by atoms with Crippen molar-refractivity contribution in [2.75, 3.05) is 4.90 Å². The molecule has 0 aliphatic rings. The summed E-state index contributed by atoms with van der Waals surface area (Å²) in [5, 5.41) is 7.30. The zero-order valence-corrected chi connectivity index (χ0v) is 30.6. The average molecular weight is 720 g/mol. The van der Waals surface area contributed by atoms with Gasteiger partial charge in [0.25, 0.3) is 0 Å². The number of furan rings is 1. The van der Waals surface area contributed by atoms with Gasteiger partial charge in [-0.2, -0.15) is 0 Å². The van der Waals surface area contributed by atoms with Crippen molar-refractivity contribution in [1.29, 1.82) is 0 Å². The zero-order valence-electron chi connectivity index (χ0n) is 29.8. The molecule has 55 heavy (non-hydrogen) atoms. The molecule has 0 atom stereocenters. The molecule has 9 aromatic carbocycles. The quantitative estimate of drug-likeness (QED) is 0.170. The first-order chi connectivity index (χ1) is 27.3. The number of rotatable bonds is 6. The highest BCUT2D eigenvalue weighted by Crippen LogP contribution is 2.47. The van der Waals surface area contributed by atoms with Gasteiger partial charge in [-0.3, -0.25) is 0 Å². The lowest BCUT2D eigenvalue weighted by molar-refractivity contribution is 0.669. The maximum absolute atomic E-state index is 6.45. The third-order valence-electron chi connectivity index (χ3n) is 10.9. The fourth-order valence-corrected chi connectivity index (χ4v) is 9.51. The summed E-state index contributed by atoms with van der Waals surface area (Å²) in [6.45, 7) is 0. The minimum Gasteiger partial charge on any atom is -0.456 e. The van der Waals surface area contributed by atoms with Crippen molar-refractivity contribution in [3.8, 4) is 33.4 Å². The lowest BCUT2D eigenvalue weighted by atomic mass is 9.90. The summed E-state index contributed by atoms with van der Waals surface area (Å²) in [5.74, 6) is 0. The number of anilines is 3. The smallest absolute Gasteiger partial charge is 0.137 e. The van der Waals surface area contributed by atoms with Gasteiger partial charge in [0.1, 0.15) is 11.2 Å². The van der Waals surface area contributed by atoms with E-state index in [1.54, 1.807) is 0 Å². The molecular weight excluding hydrogens is 687 g/mol. The molecule has 0 bridgehead atoms. The van der Waals surface area contributed by atoms with Crippen LogP contribution in [0.15, 0.2) is 205 Å². The molecule has 0 saturated heterocycles. The molecule has 0 spiro atoms. The van der Waals surface area contributed by atoms with E-state index in [4.69, 9.17) is 4.42 Å². The van der Waals surface area contributed by atoms with Crippen molar-refractivity contribution >= 4 is 81.3 Å². The number of fused-ring (bicyclic) bond motifs is 7. The van der Waals surface area contributed by atoms with E-state index in [2.05, 4.69) is 193 Å². The zero-order chi connectivity index (χ0) is 36.3. The third-order valence-corrected chi connectivity index (χ3v) is 12.1. The van der Waals surface area contributed by atoms with Crippen LogP contribution in [0.25, 0.3) is 86.3 Å². The van der Waals surface area contributed by atoms with E-state index >= 15 is 0 Å². The number of thiophene rings is 1. The highest BCUT2D eigenvalue weighted by Gasteiger charge is 2.21. The Labute approximate surface area is 322 Å². The van der Waals surface area contributed by atoms with Crippen LogP contribution >= 0.6 is 11.3 Å². The van der Waals surface area contributed by atoms with Crippen molar-refractivity contribution in [2.45, 2.75) is 0 Å². The van der Waals surface area contributed by atoms with Gasteiger partial charge in [-0.15, -0.1) is 11.3 Å². The monoisotopic (exact) mass is 719 g/mol. The summed E-state index contributed by atoms with van der Waals surface area (Å²) in [6.07, 6.45) is 0. The highest BCUT2D eigenvalue weighted by molar-refractivity contribution is 7.26. The van der Waals surface area contributed by atoms with Gasteiger partial charge in [-0.25, -0.2) is 0 Å². The minimum absolute atomic E-state index is 0.868. The SMILES string of the molecule is c1ccc(-c2ccc(N(c3ccc(-c4cccc5ccccc45)c(-c4cccc5c4sc4ccccc45)c3)c3ccc4c(c3)oc3ccccc34)cc2)cc1. The Morgan fingerprint density at radius 2 is 0.964 bits per heavy atom. The molecule has 11 aromatic rings. The van der Waals surface area contributed by atoms with E-state index in [-0.39, 0.29) is 0 Å². The van der Waals surface area contributed by atoms with Crippen molar-refractivity contribution in [3.63, 3.8) is 0 Å². The van der Waals surface area contributed by atoms with E-state index < -0.39 is 0 Å². The first-order valence-corrected chi connectivity index (χ1v) is 19.5. The Kier molecular flexibility index (Phi) is 7.39. The first-order valence-electron chi connectivity index (χ1n) is 18.7. The number of hydrogen-bond donors (Lipinski definition) is 0. The Morgan fingerprint density at radius 3 is 1.85 bits per heavy atom. The maximum atomic E-state index is 6.45. The molecule has 2 heterocycles. The second-order valence-corrected chi connectivity index (χ2v) is 15.1. The van der Waals surface area contributed by atoms with E-state index in [0.29, 0.717) is 0 Å². The fourth-order valence-electron chi connectivity index (χ4n) is 8.28. The molecule has 2 nitrogen and oxygen atoms in total. The lowest BCUT2D eigenvalue weighted by Gasteiger charge is -2.27. The van der Waals surface area contributed by atoms with Crippen LogP contribution in [0.4, 0.5) is 17.1 Å². The van der Waals surface area contributed by atoms with Crippen LogP contribution in [-0.4, -0.2) is 0 Å². The van der Waals surface area contributed by atoms with Crippen molar-refractivity contribution in [1.82, 2.24) is 0 Å². The minimum atomic E-state index is 0.868. The van der Waals surface area contributed by atoms with Gasteiger partial charge < -0.3 is 9.32 Å². The van der Waals surface area contributed by atoms with Crippen LogP contribution in [0, 0.1) is 0 Å². The van der Waals surface area contributed by atoms with Gasteiger partial charge in [0.15, 0.2) is 0 Å². The van der Waals surface area contributed by atoms with Crippen LogP contribution in [-0.2, 0) is 0 Å². The lowest BCUT2D eigenvalue weighted by Crippen LogP contribution is -2.10. The molecule has 0 saturated carbocycles. The number of nitrogens with zero attached hydrogens (tertiary/aromatic N) is 1. The molecular formula is C52H33NOS. The van der Waals surface area contributed by atoms with E-state index in [1.165, 1.54) is 64.3 Å². The van der Waals surface area contributed by atoms with Crippen molar-refractivity contribution < 1.29 is 4.42 Å². The van der Waals surface area contributed by atoms with E-state index in [9.17, 15) is 0 Å². The van der Waals surface area contributed by atoms with Gasteiger partial charge in [0.2, 0.25) is 0 Å². The summed E-state index contributed by atoms with van der Waals surface area (Å²) >= 11 is 1.87. The molecule has 0 radical (unpaired) electrons. The summed E-state index contributed by atoms with van der Waals surface area (Å²) < 4.78 is 9.05. The van der Waals surface area contributed by atoms with Crippen molar-refractivity contribution in [2.24, 2.45) is 0 Å². The Hall–Kier alpha value is -6.94. The number of para-hydroxylation sites is 1. The summed E-state index contributed by atoms with van der Waals surface area (Å²) in [6, 6.07) is 72.2. The van der Waals surface area contributed by atoms with Crippen LogP contribution in [0.5, 0.6) is 0 Å². The number of benzene rings is 9. The predicted octanol–water partition coefficient (Wildman–Crippen LogP) is 15.6. The topological polar surface area (TPSA) is 16.4 Å². The normalized spacial score (nSPS) is 11.6. The molecule has 0 fully saturated rings. The molecule has 0 unspecified atom stereocenters. The average Bonchev–Trinajstić information content (AvgIpc) is 3.82. The Morgan fingerprint density at radius 1 is 0.345 bits per heavy atom. The summed E-state index contributed by atoms with van der Waals surface area (Å²) in [5.41, 5.74) is 12.2. The maximum Gasteiger partial charge on any atom is 0.137 e. The second kappa shape index (κ2) is 12.9. The van der Waals surface area contributed by atoms with Gasteiger partial charge in [-0.05, 0) is 87.1 Å². The summed E-state index contributed by atoms with van der Waals surface area (Å²) in [4.78, 5) is 2.36. The predicted molar refractivity (Wildman–Crippen MR) is 235 cm³/mol. The van der Waals surface area contributed by atoms with Crippen LogP contribution in [0.3, 0.4) is 0 Å². The first kappa shape index (κ1) is 31.6. The van der Waals surface area contributed by atoms with Crippen molar-refractivity contribution in [3.05, 3.63) is 200 Å². The standard InChI is InChI=1S/C52H33NOS/c1-2-12-34(13-3-1)35-24-26-37(27-25-35)53(39-29-31-44-43-17-6-8-22-49(43)54-50(44)33-39)38-28-30-42(41-19-10-15-36-14-4-5-16-40(36)41)48(32-38)47-21-11-20-46-45-18-7-9-23-51(45)55-52(46)47/h1-33H. The molecule has 0 aliphatic carbocycles. The largest absolute Gasteiger partial charge is 0.456 e. The molecule has 0 aliphatic heterocycles. The van der Waals surface area contributed by atoms with Gasteiger partial charge in [0, 0.05) is 59.6 Å². The molecule has 11 rings (SSSR count). The highest BCUT2D eigenvalue weighted by atomic mass is 32.1. The molecule has 0 N–H and O–H groups in total. The van der Waals surface area contributed by atoms with Crippen LogP contribution in [0.1, 0.15) is 0 Å². The number of hydrogen-bond acceptors (Lipinski definition) is 3. The molecule has 0 amide bonds. The Balaban J connectivity index is 1.17. The van der Waals surface area contributed by atoms with E-state index in [0.717, 1.165) is 39.0 Å². The fraction of sp³-hybridized carbons (Fsp3) is 0. The van der Waals surface area contributed by atoms with Gasteiger partial charge in [0.05, 0.1) is 0 Å². The van der Waals surface area contributed by atoms with Crippen LogP contribution < -0.4 is 4.90 Å². The Bertz CT molecular complexity index is 3200. The molecule has 3 heteroatoms. The van der Waals surface area contributed by atoms with Gasteiger partial charge in [-0.1, -0.05) is 146 Å². The van der Waals surface area contributed by atoms with Gasteiger partial charge >= 0.3 is 0 Å². The third kappa shape index (κ3) is 5.32. The van der Waals surface area contributed by atoms with Crippen LogP contribution in [0.2, 0.25) is 0 Å². The molecule has 258 valence electrons. The summed E-state index contributed by atoms with van der Waals surface area (Å²) in [7, 11) is 0. The van der Waals surface area contributed by atoms with E-state index in [1.807, 2.05) is 23.5 Å².